The van der Waals surface area contributed by atoms with Crippen molar-refractivity contribution in [3.05, 3.63) is 27.7 Å². The van der Waals surface area contributed by atoms with E-state index in [9.17, 15) is 9.59 Å². The molecule has 0 aromatic heterocycles. The van der Waals surface area contributed by atoms with Crippen LogP contribution in [0, 0.1) is 0 Å². The zero-order valence-electron chi connectivity index (χ0n) is 10.6. The third-order valence-electron chi connectivity index (χ3n) is 2.96. The van der Waals surface area contributed by atoms with Crippen LogP contribution in [0.2, 0.25) is 5.02 Å². The Morgan fingerprint density at radius 2 is 2.11 bits per heavy atom. The summed E-state index contributed by atoms with van der Waals surface area (Å²) < 4.78 is 0.767. The molecule has 1 aromatic rings. The molecule has 0 aliphatic carbocycles. The highest BCUT2D eigenvalue weighted by atomic mass is 79.9. The maximum absolute atomic E-state index is 12.1. The molecule has 6 heteroatoms. The third-order valence-corrected chi connectivity index (χ3v) is 3.85. The van der Waals surface area contributed by atoms with Crippen LogP contribution in [-0.4, -0.2) is 28.8 Å². The molecule has 0 saturated carbocycles. The molecule has 1 heterocycles. The fourth-order valence-electron chi connectivity index (χ4n) is 2.10. The van der Waals surface area contributed by atoms with Crippen molar-refractivity contribution < 1.29 is 9.59 Å². The summed E-state index contributed by atoms with van der Waals surface area (Å²) >= 11 is 9.24. The Hall–Kier alpha value is -1.07. The molecule has 0 bridgehead atoms. The topological polar surface area (TPSA) is 49.4 Å². The largest absolute Gasteiger partial charge is 0.372 e. The van der Waals surface area contributed by atoms with Crippen LogP contribution in [0.5, 0.6) is 0 Å². The van der Waals surface area contributed by atoms with Crippen molar-refractivity contribution >= 4 is 45.0 Å². The van der Waals surface area contributed by atoms with Gasteiger partial charge in [0.2, 0.25) is 5.91 Å². The molecule has 0 radical (unpaired) electrons. The molecule has 1 aromatic carbocycles. The molecule has 1 unspecified atom stereocenters. The van der Waals surface area contributed by atoms with E-state index in [1.165, 1.54) is 4.90 Å². The highest BCUT2D eigenvalue weighted by molar-refractivity contribution is 9.10. The lowest BCUT2D eigenvalue weighted by Crippen LogP contribution is -2.39. The van der Waals surface area contributed by atoms with Crippen LogP contribution in [0.25, 0.3) is 0 Å². The Balaban J connectivity index is 2.16. The first-order valence-corrected chi connectivity index (χ1v) is 7.14. The monoisotopic (exact) mass is 344 g/mol. The van der Waals surface area contributed by atoms with E-state index in [1.54, 1.807) is 18.2 Å². The van der Waals surface area contributed by atoms with Gasteiger partial charge in [0.1, 0.15) is 6.04 Å². The lowest BCUT2D eigenvalue weighted by molar-refractivity contribution is -0.140. The molecular weight excluding hydrogens is 332 g/mol. The Morgan fingerprint density at radius 3 is 2.63 bits per heavy atom. The number of nitrogens with zero attached hydrogens (tertiary/aromatic N) is 1. The van der Waals surface area contributed by atoms with Crippen LogP contribution in [0.4, 0.5) is 5.69 Å². The molecule has 102 valence electrons. The second kappa shape index (κ2) is 5.51. The average Bonchev–Trinajstić information content (AvgIpc) is 2.58. The zero-order chi connectivity index (χ0) is 14.2. The van der Waals surface area contributed by atoms with Gasteiger partial charge in [0.15, 0.2) is 0 Å². The SMILES string of the molecule is CC(C)N1C(=O)CC(Nc2ccc(Cl)cc2Br)C1=O. The summed E-state index contributed by atoms with van der Waals surface area (Å²) in [5, 5.41) is 3.69. The number of halogens is 2. The maximum Gasteiger partial charge on any atom is 0.252 e. The molecule has 1 fully saturated rings. The van der Waals surface area contributed by atoms with Gasteiger partial charge < -0.3 is 5.32 Å². The number of benzene rings is 1. The number of amides is 2. The first kappa shape index (κ1) is 14.3. The lowest BCUT2D eigenvalue weighted by atomic mass is 10.2. The van der Waals surface area contributed by atoms with E-state index in [2.05, 4.69) is 21.2 Å². The maximum atomic E-state index is 12.1. The molecule has 1 aliphatic heterocycles. The number of likely N-dealkylation sites (tertiary alicyclic amines) is 1. The normalized spacial score (nSPS) is 19.4. The first-order valence-electron chi connectivity index (χ1n) is 5.97. The summed E-state index contributed by atoms with van der Waals surface area (Å²) in [6.45, 7) is 3.66. The summed E-state index contributed by atoms with van der Waals surface area (Å²) in [4.78, 5) is 25.2. The van der Waals surface area contributed by atoms with Gasteiger partial charge in [-0.1, -0.05) is 11.6 Å². The highest BCUT2D eigenvalue weighted by Gasteiger charge is 2.39. The smallest absolute Gasteiger partial charge is 0.252 e. The fourth-order valence-corrected chi connectivity index (χ4v) is 2.90. The second-order valence-electron chi connectivity index (χ2n) is 4.72. The number of rotatable bonds is 3. The van der Waals surface area contributed by atoms with E-state index in [-0.39, 0.29) is 24.3 Å². The van der Waals surface area contributed by atoms with E-state index in [1.807, 2.05) is 13.8 Å². The molecular formula is C13H14BrClN2O2. The Kier molecular flexibility index (Phi) is 4.16. The van der Waals surface area contributed by atoms with Crippen LogP contribution in [0.1, 0.15) is 20.3 Å². The summed E-state index contributed by atoms with van der Waals surface area (Å²) in [6, 6.07) is 4.64. The van der Waals surface area contributed by atoms with Gasteiger partial charge in [0.05, 0.1) is 6.42 Å². The number of carbonyl (C=O) groups is 2. The molecule has 0 spiro atoms. The predicted octanol–water partition coefficient (Wildman–Crippen LogP) is 3.05. The molecule has 1 atom stereocenters. The van der Waals surface area contributed by atoms with Crippen LogP contribution < -0.4 is 5.32 Å². The number of carbonyl (C=O) groups excluding carboxylic acids is 2. The van der Waals surface area contributed by atoms with Crippen LogP contribution in [0.15, 0.2) is 22.7 Å². The number of hydrogen-bond acceptors (Lipinski definition) is 3. The van der Waals surface area contributed by atoms with E-state index >= 15 is 0 Å². The van der Waals surface area contributed by atoms with Gasteiger partial charge in [0.25, 0.3) is 5.91 Å². The van der Waals surface area contributed by atoms with Crippen LogP contribution in [-0.2, 0) is 9.59 Å². The number of nitrogens with one attached hydrogen (secondary N) is 1. The van der Waals surface area contributed by atoms with Gasteiger partial charge in [-0.05, 0) is 48.0 Å². The van der Waals surface area contributed by atoms with Crippen molar-refractivity contribution in [1.29, 1.82) is 0 Å². The van der Waals surface area contributed by atoms with Crippen molar-refractivity contribution in [2.45, 2.75) is 32.4 Å². The molecule has 19 heavy (non-hydrogen) atoms. The minimum absolute atomic E-state index is 0.111. The summed E-state index contributed by atoms with van der Waals surface area (Å²) in [5.74, 6) is -0.315. The van der Waals surface area contributed by atoms with Gasteiger partial charge in [0, 0.05) is 21.2 Å². The van der Waals surface area contributed by atoms with Gasteiger partial charge >= 0.3 is 0 Å². The van der Waals surface area contributed by atoms with Crippen LogP contribution >= 0.6 is 27.5 Å². The second-order valence-corrected chi connectivity index (χ2v) is 6.01. The summed E-state index contributed by atoms with van der Waals surface area (Å²) in [7, 11) is 0. The van der Waals surface area contributed by atoms with Gasteiger partial charge in [-0.3, -0.25) is 14.5 Å². The van der Waals surface area contributed by atoms with E-state index in [4.69, 9.17) is 11.6 Å². The zero-order valence-corrected chi connectivity index (χ0v) is 13.0. The molecule has 1 saturated heterocycles. The fraction of sp³-hybridized carbons (Fsp3) is 0.385. The molecule has 2 rings (SSSR count). The van der Waals surface area contributed by atoms with Crippen molar-refractivity contribution in [1.82, 2.24) is 4.90 Å². The molecule has 1 N–H and O–H groups in total. The standard InChI is InChI=1S/C13H14BrClN2O2/c1-7(2)17-12(18)6-11(13(17)19)16-10-4-3-8(15)5-9(10)14/h3-5,7,11,16H,6H2,1-2H3. The lowest BCUT2D eigenvalue weighted by Gasteiger charge is -2.19. The van der Waals surface area contributed by atoms with Gasteiger partial charge in [-0.2, -0.15) is 0 Å². The van der Waals surface area contributed by atoms with Crippen LogP contribution in [0.3, 0.4) is 0 Å². The Morgan fingerprint density at radius 1 is 1.42 bits per heavy atom. The Bertz CT molecular complexity index is 533. The minimum atomic E-state index is -0.507. The van der Waals surface area contributed by atoms with Gasteiger partial charge in [-0.15, -0.1) is 0 Å². The predicted molar refractivity (Wildman–Crippen MR) is 78.2 cm³/mol. The molecule has 1 aliphatic rings. The van der Waals surface area contributed by atoms with Crippen molar-refractivity contribution in [2.24, 2.45) is 0 Å². The number of anilines is 1. The molecule has 4 nitrogen and oxygen atoms in total. The summed E-state index contributed by atoms with van der Waals surface area (Å²) in [5.41, 5.74) is 0.751. The Labute approximate surface area is 125 Å². The first-order chi connectivity index (χ1) is 8.90. The highest BCUT2D eigenvalue weighted by Crippen LogP contribution is 2.28. The average molecular weight is 346 g/mol. The number of imide groups is 1. The number of hydrogen-bond donors (Lipinski definition) is 1. The quantitative estimate of drug-likeness (QED) is 0.857. The van der Waals surface area contributed by atoms with Crippen molar-refractivity contribution in [2.75, 3.05) is 5.32 Å². The minimum Gasteiger partial charge on any atom is -0.372 e. The van der Waals surface area contributed by atoms with E-state index in [0.717, 1.165) is 10.2 Å². The molecule has 2 amide bonds. The third kappa shape index (κ3) is 2.92. The van der Waals surface area contributed by atoms with E-state index in [0.29, 0.717) is 5.02 Å². The van der Waals surface area contributed by atoms with E-state index < -0.39 is 6.04 Å². The summed E-state index contributed by atoms with van der Waals surface area (Å²) in [6.07, 6.45) is 0.187. The van der Waals surface area contributed by atoms with Crippen molar-refractivity contribution in [3.63, 3.8) is 0 Å². The van der Waals surface area contributed by atoms with Gasteiger partial charge in [-0.25, -0.2) is 0 Å². The van der Waals surface area contributed by atoms with Crippen molar-refractivity contribution in [3.8, 4) is 0 Å².